The minimum absolute atomic E-state index is 0.106. The van der Waals surface area contributed by atoms with Crippen LogP contribution >= 0.6 is 0 Å². The first-order valence-electron chi connectivity index (χ1n) is 27.6. The van der Waals surface area contributed by atoms with E-state index in [-0.39, 0.29) is 44.2 Å². The molecule has 0 saturated carbocycles. The van der Waals surface area contributed by atoms with Crippen molar-refractivity contribution in [3.63, 3.8) is 0 Å². The van der Waals surface area contributed by atoms with Crippen LogP contribution in [0.4, 0.5) is 0 Å². The van der Waals surface area contributed by atoms with Crippen LogP contribution in [-0.2, 0) is 35.0 Å². The average molecular weight is 940 g/mol. The topological polar surface area (TPSA) is 109 Å². The molecule has 1 fully saturated rings. The Bertz CT molecular complexity index is 1590. The summed E-state index contributed by atoms with van der Waals surface area (Å²) in [4.78, 5) is 39.5. The van der Waals surface area contributed by atoms with Crippen molar-refractivity contribution < 1.29 is 38.1 Å². The third-order valence-electron chi connectivity index (χ3n) is 14.9. The summed E-state index contributed by atoms with van der Waals surface area (Å²) in [5.74, 6) is 1.90. The quantitative estimate of drug-likeness (QED) is 0.0407. The van der Waals surface area contributed by atoms with Crippen molar-refractivity contribution in [3.05, 3.63) is 22.3 Å². The predicted molar refractivity (Wildman–Crippen MR) is 275 cm³/mol. The van der Waals surface area contributed by atoms with Crippen molar-refractivity contribution in [2.45, 2.75) is 279 Å². The van der Waals surface area contributed by atoms with Crippen molar-refractivity contribution in [1.82, 2.24) is 5.32 Å². The molecule has 9 nitrogen and oxygen atoms in total. The largest absolute Gasteiger partial charge is 0.487 e. The third kappa shape index (κ3) is 22.8. The lowest BCUT2D eigenvalue weighted by Gasteiger charge is -2.43. The second kappa shape index (κ2) is 30.8. The van der Waals surface area contributed by atoms with Crippen molar-refractivity contribution >= 4 is 17.8 Å². The molecule has 0 aromatic heterocycles. The van der Waals surface area contributed by atoms with Crippen LogP contribution in [0.15, 0.2) is 0 Å². The molecule has 3 atom stereocenters. The first-order valence-corrected chi connectivity index (χ1v) is 27.6. The summed E-state index contributed by atoms with van der Waals surface area (Å²) in [6, 6.07) is 0. The number of rotatable bonds is 35. The lowest BCUT2D eigenvalue weighted by atomic mass is 9.83. The maximum Gasteiger partial charge on any atom is 0.311 e. The fourth-order valence-corrected chi connectivity index (χ4v) is 9.99. The molecule has 0 radical (unpaired) electrons. The van der Waals surface area contributed by atoms with Gasteiger partial charge in [-0.25, -0.2) is 0 Å². The van der Waals surface area contributed by atoms with Gasteiger partial charge in [-0.15, -0.1) is 0 Å². The molecule has 2 heterocycles. The summed E-state index contributed by atoms with van der Waals surface area (Å²) in [5.41, 5.74) is 2.67. The second-order valence-electron chi connectivity index (χ2n) is 22.6. The van der Waals surface area contributed by atoms with E-state index in [4.69, 9.17) is 23.7 Å². The minimum atomic E-state index is -1.01. The Balaban J connectivity index is 1.39. The molecule has 0 bridgehead atoms. The first kappa shape index (κ1) is 58.7. The molecule has 0 spiro atoms. The van der Waals surface area contributed by atoms with E-state index in [0.717, 1.165) is 90.7 Å². The fourth-order valence-electron chi connectivity index (χ4n) is 9.99. The first-order chi connectivity index (χ1) is 31.9. The van der Waals surface area contributed by atoms with E-state index < -0.39 is 23.3 Å². The number of unbranched alkanes of at least 4 members (excludes halogenated alkanes) is 14. The zero-order valence-electron chi connectivity index (χ0n) is 45.1. The van der Waals surface area contributed by atoms with Gasteiger partial charge in [0.05, 0.1) is 26.1 Å². The van der Waals surface area contributed by atoms with Gasteiger partial charge in [0.1, 0.15) is 29.2 Å². The Hall–Kier alpha value is -2.65. The molecule has 2 aliphatic rings. The molecular weight excluding hydrogens is 839 g/mol. The summed E-state index contributed by atoms with van der Waals surface area (Å²) in [7, 11) is 0. The fraction of sp³-hybridized carbons (Fsp3) is 0.845. The molecule has 1 saturated heterocycles. The van der Waals surface area contributed by atoms with Gasteiger partial charge >= 0.3 is 11.9 Å². The molecule has 1 aromatic rings. The molecule has 3 rings (SSSR count). The van der Waals surface area contributed by atoms with Crippen LogP contribution in [0.5, 0.6) is 11.5 Å². The molecule has 386 valence electrons. The van der Waals surface area contributed by atoms with E-state index in [2.05, 4.69) is 53.8 Å². The van der Waals surface area contributed by atoms with Crippen LogP contribution in [0.25, 0.3) is 0 Å². The molecule has 67 heavy (non-hydrogen) atoms. The van der Waals surface area contributed by atoms with Gasteiger partial charge < -0.3 is 29.0 Å². The van der Waals surface area contributed by atoms with Crippen LogP contribution in [0, 0.1) is 38.5 Å². The third-order valence-corrected chi connectivity index (χ3v) is 14.9. The van der Waals surface area contributed by atoms with E-state index in [1.54, 1.807) is 0 Å². The maximum absolute atomic E-state index is 13.2. The minimum Gasteiger partial charge on any atom is -0.487 e. The molecule has 2 aliphatic heterocycles. The highest BCUT2D eigenvalue weighted by atomic mass is 16.7. The number of benzene rings is 1. The van der Waals surface area contributed by atoms with Gasteiger partial charge in [-0.1, -0.05) is 169 Å². The lowest BCUT2D eigenvalue weighted by Crippen LogP contribution is -2.63. The molecule has 3 unspecified atom stereocenters. The Kier molecular flexibility index (Phi) is 27.0. The molecule has 9 heteroatoms. The van der Waals surface area contributed by atoms with Crippen molar-refractivity contribution in [1.29, 1.82) is 0 Å². The number of carbonyl (C=O) groups excluding carboxylic acids is 3. The van der Waals surface area contributed by atoms with Gasteiger partial charge in [-0.05, 0) is 108 Å². The molecule has 1 aromatic carbocycles. The summed E-state index contributed by atoms with van der Waals surface area (Å²) < 4.78 is 30.4. The number of ether oxygens (including phenoxy) is 5. The maximum atomic E-state index is 13.2. The summed E-state index contributed by atoms with van der Waals surface area (Å²) in [6.07, 6.45) is 32.4. The highest BCUT2D eigenvalue weighted by molar-refractivity contribution is 5.80. The number of hydrogen-bond donors (Lipinski definition) is 1. The van der Waals surface area contributed by atoms with Gasteiger partial charge in [-0.3, -0.25) is 14.4 Å². The van der Waals surface area contributed by atoms with Gasteiger partial charge in [0, 0.05) is 12.0 Å². The second-order valence-corrected chi connectivity index (χ2v) is 22.6. The lowest BCUT2D eigenvalue weighted by molar-refractivity contribution is -0.275. The zero-order valence-corrected chi connectivity index (χ0v) is 45.1. The number of esters is 2. The predicted octanol–water partition coefficient (Wildman–Crippen LogP) is 15.3. The standard InChI is InChI=1S/C58H101NO8/c1-12-13-14-15-16-17-18-19-20-21-22-23-24-25-26-35-51(60)59-58(42-64-56(9,10)65-43-58)41-63-52(61)36-37-53(62)66-54-47(6)48(7)55-50(49(54)8)38-40-57(11,67-55)39-29-34-46(5)33-28-32-45(4)31-27-30-44(2)3/h44-46H,12-43H2,1-11H3,(H,59,60). The Labute approximate surface area is 410 Å². The van der Waals surface area contributed by atoms with Crippen LogP contribution in [0.3, 0.4) is 0 Å². The van der Waals surface area contributed by atoms with E-state index in [0.29, 0.717) is 12.2 Å². The van der Waals surface area contributed by atoms with Crippen LogP contribution in [-0.4, -0.2) is 54.6 Å². The van der Waals surface area contributed by atoms with Crippen LogP contribution in [0.2, 0.25) is 0 Å². The Morgan fingerprint density at radius 2 is 1.12 bits per heavy atom. The summed E-state index contributed by atoms with van der Waals surface area (Å²) >= 11 is 0. The zero-order chi connectivity index (χ0) is 49.3. The monoisotopic (exact) mass is 940 g/mol. The number of nitrogens with one attached hydrogen (secondary N) is 1. The van der Waals surface area contributed by atoms with E-state index in [1.165, 1.54) is 122 Å². The SMILES string of the molecule is CCCCCCCCCCCCCCCCCC(=O)NC1(COC(=O)CCC(=O)Oc2c(C)c(C)c3c(c2C)CCC(C)(CCCC(C)CCCC(C)CCCC(C)C)O3)COC(C)(C)OC1. The average Bonchev–Trinajstić information content (AvgIpc) is 3.27. The Morgan fingerprint density at radius 1 is 0.612 bits per heavy atom. The van der Waals surface area contributed by atoms with Crippen LogP contribution in [0.1, 0.15) is 257 Å². The highest BCUT2D eigenvalue weighted by Crippen LogP contribution is 2.45. The highest BCUT2D eigenvalue weighted by Gasteiger charge is 2.42. The van der Waals surface area contributed by atoms with Crippen LogP contribution < -0.4 is 14.8 Å². The van der Waals surface area contributed by atoms with E-state index >= 15 is 0 Å². The summed E-state index contributed by atoms with van der Waals surface area (Å²) in [6.45, 7) is 23.9. The Morgan fingerprint density at radius 3 is 1.67 bits per heavy atom. The molecule has 1 amide bonds. The summed E-state index contributed by atoms with van der Waals surface area (Å²) in [5, 5.41) is 3.08. The number of fused-ring (bicyclic) bond motifs is 1. The van der Waals surface area contributed by atoms with Gasteiger partial charge in [0.2, 0.25) is 5.91 Å². The molecule has 1 N–H and O–H groups in total. The molecule has 0 aliphatic carbocycles. The van der Waals surface area contributed by atoms with Crippen molar-refractivity contribution in [2.75, 3.05) is 19.8 Å². The van der Waals surface area contributed by atoms with Crippen molar-refractivity contribution in [2.24, 2.45) is 17.8 Å². The molecular formula is C58H101NO8. The smallest absolute Gasteiger partial charge is 0.311 e. The normalized spacial score (nSPS) is 18.5. The van der Waals surface area contributed by atoms with Gasteiger partial charge in [0.25, 0.3) is 0 Å². The van der Waals surface area contributed by atoms with Gasteiger partial charge in [0.15, 0.2) is 5.79 Å². The number of hydrogen-bond acceptors (Lipinski definition) is 8. The van der Waals surface area contributed by atoms with E-state index in [1.807, 2.05) is 27.7 Å². The number of carbonyl (C=O) groups is 3. The van der Waals surface area contributed by atoms with Crippen molar-refractivity contribution in [3.8, 4) is 11.5 Å². The van der Waals surface area contributed by atoms with Gasteiger partial charge in [-0.2, -0.15) is 0 Å². The number of amides is 1. The van der Waals surface area contributed by atoms with E-state index in [9.17, 15) is 14.4 Å².